The summed E-state index contributed by atoms with van der Waals surface area (Å²) in [6.45, 7) is 2.27. The molecule has 0 N–H and O–H groups in total. The number of hydrogen-bond acceptors (Lipinski definition) is 2. The summed E-state index contributed by atoms with van der Waals surface area (Å²) < 4.78 is 0. The average Bonchev–Trinajstić information content (AvgIpc) is 3.35. The molecule has 0 saturated heterocycles. The third-order valence-corrected chi connectivity index (χ3v) is 5.36. The van der Waals surface area contributed by atoms with Crippen molar-refractivity contribution < 1.29 is 0 Å². The van der Waals surface area contributed by atoms with E-state index in [1.807, 2.05) is 22.9 Å². The Morgan fingerprint density at radius 1 is 0.667 bits per heavy atom. The number of hydrogen-bond donors (Lipinski definition) is 0. The highest BCUT2D eigenvalue weighted by Crippen LogP contribution is 2.22. The molecule has 0 unspecified atom stereocenters. The van der Waals surface area contributed by atoms with Crippen LogP contribution in [0.25, 0.3) is 11.1 Å². The summed E-state index contributed by atoms with van der Waals surface area (Å²) in [5.41, 5.74) is 4.17. The van der Waals surface area contributed by atoms with E-state index in [4.69, 9.17) is 0 Å². The van der Waals surface area contributed by atoms with Crippen molar-refractivity contribution in [2.45, 2.75) is 51.9 Å². The van der Waals surface area contributed by atoms with E-state index < -0.39 is 0 Å². The second kappa shape index (κ2) is 12.0. The smallest absolute Gasteiger partial charge is 0.00147 e. The van der Waals surface area contributed by atoms with Crippen LogP contribution in [0.5, 0.6) is 0 Å². The molecule has 2 aromatic heterocycles. The highest BCUT2D eigenvalue weighted by atomic mass is 32.1. The first-order valence-corrected chi connectivity index (χ1v) is 10.9. The molecular weight excluding hydrogens is 328 g/mol. The van der Waals surface area contributed by atoms with Gasteiger partial charge < -0.3 is 0 Å². The highest BCUT2D eigenvalue weighted by molar-refractivity contribution is 7.08. The van der Waals surface area contributed by atoms with Gasteiger partial charge in [0.05, 0.1) is 0 Å². The van der Waals surface area contributed by atoms with Crippen molar-refractivity contribution in [3.05, 3.63) is 69.5 Å². The summed E-state index contributed by atoms with van der Waals surface area (Å²) in [6.07, 6.45) is 9.50. The van der Waals surface area contributed by atoms with Gasteiger partial charge in [0.25, 0.3) is 0 Å². The van der Waals surface area contributed by atoms with Gasteiger partial charge in [-0.25, -0.2) is 0 Å². The van der Waals surface area contributed by atoms with Crippen molar-refractivity contribution in [2.24, 2.45) is 0 Å². The topological polar surface area (TPSA) is 0 Å². The zero-order chi connectivity index (χ0) is 16.9. The maximum absolute atomic E-state index is 2.29. The van der Waals surface area contributed by atoms with E-state index >= 15 is 0 Å². The largest absolute Gasteiger partial charge is 0.152 e. The Morgan fingerprint density at radius 2 is 1.38 bits per heavy atom. The molecule has 2 heterocycles. The summed E-state index contributed by atoms with van der Waals surface area (Å²) in [5, 5.41) is 8.43. The molecule has 24 heavy (non-hydrogen) atoms. The normalized spacial score (nSPS) is 10.2. The summed E-state index contributed by atoms with van der Waals surface area (Å²) in [6, 6.07) is 15.3. The van der Waals surface area contributed by atoms with E-state index in [0.717, 1.165) is 0 Å². The quantitative estimate of drug-likeness (QED) is 0.358. The molecular formula is C22H28S2. The molecule has 0 amide bonds. The lowest BCUT2D eigenvalue weighted by molar-refractivity contribution is 0.607. The number of aryl methyl sites for hydroxylation is 1. The number of unbranched alkanes of at least 4 members (excludes halogenated alkanes) is 5. The first kappa shape index (κ1) is 19.0. The van der Waals surface area contributed by atoms with Crippen LogP contribution in [0.3, 0.4) is 0 Å². The molecule has 1 aromatic carbocycles. The second-order valence-electron chi connectivity index (χ2n) is 6.02. The van der Waals surface area contributed by atoms with Crippen molar-refractivity contribution in [3.63, 3.8) is 0 Å². The molecule has 0 fully saturated rings. The summed E-state index contributed by atoms with van der Waals surface area (Å²) >= 11 is 3.47. The molecule has 0 aliphatic heterocycles. The van der Waals surface area contributed by atoms with E-state index in [2.05, 4.69) is 48.0 Å². The molecule has 0 atom stereocenters. The Labute approximate surface area is 155 Å². The Hall–Kier alpha value is -1.38. The van der Waals surface area contributed by atoms with E-state index in [-0.39, 0.29) is 0 Å². The van der Waals surface area contributed by atoms with E-state index in [1.54, 1.807) is 22.7 Å². The molecule has 2 heteroatoms. The van der Waals surface area contributed by atoms with Crippen LogP contribution in [0.2, 0.25) is 0 Å². The highest BCUT2D eigenvalue weighted by Gasteiger charge is 1.98. The Morgan fingerprint density at radius 3 is 1.96 bits per heavy atom. The second-order valence-corrected chi connectivity index (χ2v) is 7.62. The minimum absolute atomic E-state index is 1.23. The standard InChI is InChI=1S/C18H24S.C4H4S/c1-2-3-4-5-6-7-8-16-9-11-17(12-10-16)18-13-14-19-15-18;1-2-4-5-3-1/h9-15H,2-8H2,1H3;1-4H. The predicted molar refractivity (Wildman–Crippen MR) is 111 cm³/mol. The van der Waals surface area contributed by atoms with Gasteiger partial charge in [-0.2, -0.15) is 22.7 Å². The van der Waals surface area contributed by atoms with Gasteiger partial charge in [-0.3, -0.25) is 0 Å². The van der Waals surface area contributed by atoms with Gasteiger partial charge in [0.15, 0.2) is 0 Å². The number of rotatable bonds is 8. The van der Waals surface area contributed by atoms with Gasteiger partial charge in [-0.15, -0.1) is 0 Å². The fourth-order valence-electron chi connectivity index (χ4n) is 2.63. The fraction of sp³-hybridized carbons (Fsp3) is 0.364. The van der Waals surface area contributed by atoms with Crippen molar-refractivity contribution in [2.75, 3.05) is 0 Å². The number of benzene rings is 1. The third kappa shape index (κ3) is 7.46. The molecule has 0 bridgehead atoms. The number of thiophene rings is 2. The van der Waals surface area contributed by atoms with Crippen LogP contribution < -0.4 is 0 Å². The van der Waals surface area contributed by atoms with Crippen LogP contribution in [0, 0.1) is 0 Å². The molecule has 3 rings (SSSR count). The van der Waals surface area contributed by atoms with Crippen LogP contribution in [0.15, 0.2) is 64.0 Å². The first-order chi connectivity index (χ1) is 11.9. The molecule has 128 valence electrons. The van der Waals surface area contributed by atoms with Crippen LogP contribution in [0.4, 0.5) is 0 Å². The average molecular weight is 357 g/mol. The van der Waals surface area contributed by atoms with Gasteiger partial charge >= 0.3 is 0 Å². The lowest BCUT2D eigenvalue weighted by Gasteiger charge is -2.04. The maximum atomic E-state index is 2.29. The predicted octanol–water partition coefficient (Wildman–Crippen LogP) is 8.07. The first-order valence-electron chi connectivity index (χ1n) is 8.99. The summed E-state index contributed by atoms with van der Waals surface area (Å²) in [7, 11) is 0. The third-order valence-electron chi connectivity index (χ3n) is 4.05. The van der Waals surface area contributed by atoms with Crippen LogP contribution in [0.1, 0.15) is 51.0 Å². The van der Waals surface area contributed by atoms with Crippen LogP contribution in [-0.4, -0.2) is 0 Å². The van der Waals surface area contributed by atoms with Crippen LogP contribution >= 0.6 is 22.7 Å². The van der Waals surface area contributed by atoms with Crippen molar-refractivity contribution in [1.82, 2.24) is 0 Å². The van der Waals surface area contributed by atoms with E-state index in [9.17, 15) is 0 Å². The van der Waals surface area contributed by atoms with Gasteiger partial charge in [0.2, 0.25) is 0 Å². The molecule has 0 aliphatic carbocycles. The Kier molecular flexibility index (Phi) is 9.52. The fourth-order valence-corrected chi connectivity index (χ4v) is 3.75. The van der Waals surface area contributed by atoms with Gasteiger partial charge in [0.1, 0.15) is 0 Å². The van der Waals surface area contributed by atoms with E-state index in [1.165, 1.54) is 61.6 Å². The van der Waals surface area contributed by atoms with Crippen molar-refractivity contribution in [1.29, 1.82) is 0 Å². The van der Waals surface area contributed by atoms with Gasteiger partial charge in [0, 0.05) is 0 Å². The SMILES string of the molecule is CCCCCCCCc1ccc(-c2ccsc2)cc1.c1ccsc1. The molecule has 0 spiro atoms. The van der Waals surface area contributed by atoms with Crippen LogP contribution in [-0.2, 0) is 6.42 Å². The van der Waals surface area contributed by atoms with Crippen molar-refractivity contribution >= 4 is 22.7 Å². The Balaban J connectivity index is 0.000000355. The minimum atomic E-state index is 1.23. The van der Waals surface area contributed by atoms with Crippen molar-refractivity contribution in [3.8, 4) is 11.1 Å². The molecule has 0 nitrogen and oxygen atoms in total. The van der Waals surface area contributed by atoms with Gasteiger partial charge in [-0.1, -0.05) is 75.4 Å². The zero-order valence-electron chi connectivity index (χ0n) is 14.6. The molecule has 3 aromatic rings. The molecule has 0 radical (unpaired) electrons. The Bertz CT molecular complexity index is 589. The maximum Gasteiger partial charge on any atom is -0.00147 e. The minimum Gasteiger partial charge on any atom is -0.152 e. The monoisotopic (exact) mass is 356 g/mol. The summed E-state index contributed by atoms with van der Waals surface area (Å²) in [4.78, 5) is 0. The molecule has 0 aliphatic rings. The van der Waals surface area contributed by atoms with Gasteiger partial charge in [-0.05, 0) is 57.1 Å². The molecule has 0 saturated carbocycles. The lowest BCUT2D eigenvalue weighted by Crippen LogP contribution is -1.86. The summed E-state index contributed by atoms with van der Waals surface area (Å²) in [5.74, 6) is 0. The van der Waals surface area contributed by atoms with E-state index in [0.29, 0.717) is 0 Å². The zero-order valence-corrected chi connectivity index (χ0v) is 16.3. The lowest BCUT2D eigenvalue weighted by atomic mass is 10.0.